The number of phenolic OH excluding ortho intramolecular Hbond substituents is 1. The van der Waals surface area contributed by atoms with Crippen molar-refractivity contribution in [3.63, 3.8) is 0 Å². The van der Waals surface area contributed by atoms with Crippen molar-refractivity contribution in [2.75, 3.05) is 13.8 Å². The van der Waals surface area contributed by atoms with Gasteiger partial charge in [0.1, 0.15) is 0 Å². The Morgan fingerprint density at radius 3 is 2.88 bits per heavy atom. The van der Waals surface area contributed by atoms with Gasteiger partial charge < -0.3 is 19.9 Å². The SMILES string of the molecule is CN[C@H](C)Cc1cc(O)c2c(c1)OCO2.Cl. The summed E-state index contributed by atoms with van der Waals surface area (Å²) in [7, 11) is 1.91. The standard InChI is InChI=1S/C11H15NO3.ClH/c1-7(12-2)3-8-4-9(13)11-10(5-8)14-6-15-11;/h4-5,7,12-13H,3,6H2,1-2H3;1H/t7-;/m1./s1. The normalized spacial score (nSPS) is 14.4. The van der Waals surface area contributed by atoms with E-state index in [4.69, 9.17) is 9.47 Å². The fourth-order valence-corrected chi connectivity index (χ4v) is 1.62. The summed E-state index contributed by atoms with van der Waals surface area (Å²) in [5, 5.41) is 12.8. The summed E-state index contributed by atoms with van der Waals surface area (Å²) in [6.07, 6.45) is 0.848. The van der Waals surface area contributed by atoms with E-state index < -0.39 is 0 Å². The molecule has 16 heavy (non-hydrogen) atoms. The van der Waals surface area contributed by atoms with Crippen molar-refractivity contribution >= 4 is 12.4 Å². The highest BCUT2D eigenvalue weighted by molar-refractivity contribution is 5.85. The number of benzene rings is 1. The summed E-state index contributed by atoms with van der Waals surface area (Å²) in [6, 6.07) is 4.00. The van der Waals surface area contributed by atoms with Crippen molar-refractivity contribution in [3.05, 3.63) is 17.7 Å². The number of rotatable bonds is 3. The molecule has 0 saturated heterocycles. The molecule has 1 aromatic rings. The summed E-state index contributed by atoms with van der Waals surface area (Å²) in [5.74, 6) is 1.24. The molecule has 0 saturated carbocycles. The van der Waals surface area contributed by atoms with E-state index in [-0.39, 0.29) is 24.9 Å². The highest BCUT2D eigenvalue weighted by Crippen LogP contribution is 2.41. The molecule has 1 aliphatic heterocycles. The Bertz CT molecular complexity index is 370. The third-order valence-electron chi connectivity index (χ3n) is 2.55. The van der Waals surface area contributed by atoms with Gasteiger partial charge >= 0.3 is 0 Å². The monoisotopic (exact) mass is 245 g/mol. The molecule has 0 bridgehead atoms. The highest BCUT2D eigenvalue weighted by Gasteiger charge is 2.19. The third-order valence-corrected chi connectivity index (χ3v) is 2.55. The molecule has 0 amide bonds. The Morgan fingerprint density at radius 2 is 2.19 bits per heavy atom. The van der Waals surface area contributed by atoms with E-state index in [1.54, 1.807) is 6.07 Å². The molecule has 0 radical (unpaired) electrons. The van der Waals surface area contributed by atoms with E-state index in [1.165, 1.54) is 0 Å². The van der Waals surface area contributed by atoms with Gasteiger partial charge in [0, 0.05) is 6.04 Å². The first-order chi connectivity index (χ1) is 7.20. The quantitative estimate of drug-likeness (QED) is 0.851. The minimum absolute atomic E-state index is 0. The number of nitrogens with one attached hydrogen (secondary N) is 1. The molecular weight excluding hydrogens is 230 g/mol. The average molecular weight is 246 g/mol. The third kappa shape index (κ3) is 2.51. The van der Waals surface area contributed by atoms with Gasteiger partial charge in [0.15, 0.2) is 11.5 Å². The van der Waals surface area contributed by atoms with Crippen molar-refractivity contribution in [1.82, 2.24) is 5.32 Å². The second kappa shape index (κ2) is 5.27. The van der Waals surface area contributed by atoms with Crippen molar-refractivity contribution in [2.24, 2.45) is 0 Å². The number of likely N-dealkylation sites (N-methyl/N-ethyl adjacent to an activating group) is 1. The molecule has 0 aliphatic carbocycles. The van der Waals surface area contributed by atoms with Crippen LogP contribution < -0.4 is 14.8 Å². The predicted octanol–water partition coefficient (Wildman–Crippen LogP) is 1.69. The van der Waals surface area contributed by atoms with Gasteiger partial charge in [-0.05, 0) is 38.1 Å². The Labute approximate surface area is 101 Å². The van der Waals surface area contributed by atoms with E-state index in [2.05, 4.69) is 12.2 Å². The van der Waals surface area contributed by atoms with Crippen LogP contribution in [0, 0.1) is 0 Å². The molecule has 1 aliphatic rings. The highest BCUT2D eigenvalue weighted by atomic mass is 35.5. The van der Waals surface area contributed by atoms with Crippen LogP contribution in [0.4, 0.5) is 0 Å². The zero-order valence-electron chi connectivity index (χ0n) is 9.32. The van der Waals surface area contributed by atoms with Crippen LogP contribution in [0.2, 0.25) is 0 Å². The summed E-state index contributed by atoms with van der Waals surface area (Å²) in [6.45, 7) is 2.27. The minimum atomic E-state index is 0. The maximum Gasteiger partial charge on any atom is 0.231 e. The molecule has 0 spiro atoms. The Balaban J connectivity index is 0.00000128. The second-order valence-corrected chi connectivity index (χ2v) is 3.74. The fourth-order valence-electron chi connectivity index (χ4n) is 1.62. The van der Waals surface area contributed by atoms with Crippen LogP contribution >= 0.6 is 12.4 Å². The first kappa shape index (κ1) is 12.9. The second-order valence-electron chi connectivity index (χ2n) is 3.74. The van der Waals surface area contributed by atoms with E-state index in [1.807, 2.05) is 13.1 Å². The van der Waals surface area contributed by atoms with Crippen LogP contribution in [0.1, 0.15) is 12.5 Å². The number of phenols is 1. The molecule has 1 aromatic carbocycles. The van der Waals surface area contributed by atoms with E-state index in [0.717, 1.165) is 12.0 Å². The van der Waals surface area contributed by atoms with Crippen molar-refractivity contribution in [2.45, 2.75) is 19.4 Å². The Hall–Kier alpha value is -1.13. The van der Waals surface area contributed by atoms with Crippen LogP contribution in [-0.4, -0.2) is 25.0 Å². The lowest BCUT2D eigenvalue weighted by Gasteiger charge is -2.10. The largest absolute Gasteiger partial charge is 0.504 e. The maximum absolute atomic E-state index is 9.67. The van der Waals surface area contributed by atoms with E-state index in [0.29, 0.717) is 17.5 Å². The smallest absolute Gasteiger partial charge is 0.231 e. The summed E-state index contributed by atoms with van der Waals surface area (Å²) < 4.78 is 10.4. The van der Waals surface area contributed by atoms with Crippen LogP contribution in [0.3, 0.4) is 0 Å². The van der Waals surface area contributed by atoms with Crippen LogP contribution in [0.5, 0.6) is 17.2 Å². The fraction of sp³-hybridized carbons (Fsp3) is 0.455. The van der Waals surface area contributed by atoms with Gasteiger partial charge in [0.05, 0.1) is 0 Å². The molecule has 0 fully saturated rings. The van der Waals surface area contributed by atoms with Crippen molar-refractivity contribution in [1.29, 1.82) is 0 Å². The lowest BCUT2D eigenvalue weighted by molar-refractivity contribution is 0.171. The summed E-state index contributed by atoms with van der Waals surface area (Å²) in [4.78, 5) is 0. The summed E-state index contributed by atoms with van der Waals surface area (Å²) in [5.41, 5.74) is 1.04. The Kier molecular flexibility index (Phi) is 4.26. The number of halogens is 1. The molecular formula is C11H16ClNO3. The molecule has 2 rings (SSSR count). The first-order valence-electron chi connectivity index (χ1n) is 4.99. The number of aromatic hydroxyl groups is 1. The number of fused-ring (bicyclic) bond motifs is 1. The lowest BCUT2D eigenvalue weighted by atomic mass is 10.1. The molecule has 2 N–H and O–H groups in total. The molecule has 1 atom stereocenters. The minimum Gasteiger partial charge on any atom is -0.504 e. The molecule has 0 aromatic heterocycles. The average Bonchev–Trinajstić information content (AvgIpc) is 2.66. The van der Waals surface area contributed by atoms with Gasteiger partial charge in [-0.3, -0.25) is 0 Å². The zero-order chi connectivity index (χ0) is 10.8. The van der Waals surface area contributed by atoms with Crippen molar-refractivity contribution in [3.8, 4) is 17.2 Å². The Morgan fingerprint density at radius 1 is 1.44 bits per heavy atom. The van der Waals surface area contributed by atoms with Crippen LogP contribution in [0.15, 0.2) is 12.1 Å². The molecule has 4 nitrogen and oxygen atoms in total. The first-order valence-corrected chi connectivity index (χ1v) is 4.99. The molecule has 90 valence electrons. The molecule has 1 heterocycles. The topological polar surface area (TPSA) is 50.7 Å². The van der Waals surface area contributed by atoms with Gasteiger partial charge in [-0.1, -0.05) is 0 Å². The molecule has 0 unspecified atom stereocenters. The van der Waals surface area contributed by atoms with Gasteiger partial charge in [0.25, 0.3) is 0 Å². The number of ether oxygens (including phenoxy) is 2. The van der Waals surface area contributed by atoms with Gasteiger partial charge in [-0.25, -0.2) is 0 Å². The lowest BCUT2D eigenvalue weighted by Crippen LogP contribution is -2.23. The number of hydrogen-bond acceptors (Lipinski definition) is 4. The molecule has 5 heteroatoms. The van der Waals surface area contributed by atoms with Gasteiger partial charge in [-0.15, -0.1) is 12.4 Å². The number of hydrogen-bond donors (Lipinski definition) is 2. The van der Waals surface area contributed by atoms with Gasteiger partial charge in [0.2, 0.25) is 12.5 Å². The maximum atomic E-state index is 9.67. The summed E-state index contributed by atoms with van der Waals surface area (Å²) >= 11 is 0. The van der Waals surface area contributed by atoms with Crippen LogP contribution in [0.25, 0.3) is 0 Å². The van der Waals surface area contributed by atoms with Crippen LogP contribution in [-0.2, 0) is 6.42 Å². The van der Waals surface area contributed by atoms with Gasteiger partial charge in [-0.2, -0.15) is 0 Å². The van der Waals surface area contributed by atoms with E-state index >= 15 is 0 Å². The zero-order valence-corrected chi connectivity index (χ0v) is 10.1. The predicted molar refractivity (Wildman–Crippen MR) is 63.7 cm³/mol. The van der Waals surface area contributed by atoms with E-state index in [9.17, 15) is 5.11 Å². The van der Waals surface area contributed by atoms with Crippen molar-refractivity contribution < 1.29 is 14.6 Å².